The van der Waals surface area contributed by atoms with Crippen LogP contribution < -0.4 is 5.73 Å². The molecule has 3 heteroatoms. The van der Waals surface area contributed by atoms with E-state index in [0.717, 1.165) is 12.2 Å². The third-order valence-electron chi connectivity index (χ3n) is 1.13. The van der Waals surface area contributed by atoms with E-state index in [-0.39, 0.29) is 10.8 Å². The maximum Gasteiger partial charge on any atom is 0.0935 e. The van der Waals surface area contributed by atoms with Crippen molar-refractivity contribution in [1.82, 2.24) is 0 Å². The summed E-state index contributed by atoms with van der Waals surface area (Å²) in [5.74, 6) is 0.970. The van der Waals surface area contributed by atoms with Gasteiger partial charge in [0.05, 0.1) is 12.1 Å². The van der Waals surface area contributed by atoms with E-state index in [0.29, 0.717) is 0 Å². The van der Waals surface area contributed by atoms with Crippen molar-refractivity contribution in [3.05, 3.63) is 0 Å². The molecule has 0 bridgehead atoms. The Balaban J connectivity index is 3.37. The fourth-order valence-corrected chi connectivity index (χ4v) is 1.54. The summed E-state index contributed by atoms with van der Waals surface area (Å²) in [7, 11) is 0. The van der Waals surface area contributed by atoms with Gasteiger partial charge in [-0.2, -0.15) is 17.0 Å². The Morgan fingerprint density at radius 1 is 1.55 bits per heavy atom. The minimum Gasteiger partial charge on any atom is -0.316 e. The van der Waals surface area contributed by atoms with Gasteiger partial charge < -0.3 is 5.73 Å². The Labute approximate surface area is 73.1 Å². The minimum atomic E-state index is -0.287. The van der Waals surface area contributed by atoms with E-state index in [4.69, 9.17) is 11.0 Å². The second-order valence-corrected chi connectivity index (χ2v) is 5.41. The molecule has 0 fully saturated rings. The summed E-state index contributed by atoms with van der Waals surface area (Å²) in [6, 6.07) is 1.73. The second-order valence-electron chi connectivity index (χ2n) is 3.49. The molecule has 0 heterocycles. The monoisotopic (exact) mass is 172 g/mol. The molecule has 0 aliphatic carbocycles. The molecule has 0 aromatic heterocycles. The van der Waals surface area contributed by atoms with Crippen LogP contribution in [0.1, 0.15) is 27.2 Å². The van der Waals surface area contributed by atoms with E-state index in [1.54, 1.807) is 0 Å². The Hall–Kier alpha value is -0.200. The highest BCUT2D eigenvalue weighted by molar-refractivity contribution is 8.00. The summed E-state index contributed by atoms with van der Waals surface area (Å²) in [5, 5.41) is 8.38. The first-order valence-electron chi connectivity index (χ1n) is 3.75. The normalized spacial score (nSPS) is 14.1. The lowest BCUT2D eigenvalue weighted by Crippen LogP contribution is -2.19. The highest BCUT2D eigenvalue weighted by atomic mass is 32.2. The van der Waals surface area contributed by atoms with Crippen molar-refractivity contribution >= 4 is 11.8 Å². The number of nitrogens with zero attached hydrogens (tertiary/aromatic N) is 1. The maximum atomic E-state index is 8.38. The number of nitriles is 1. The average Bonchev–Trinajstić information content (AvgIpc) is 1.85. The highest BCUT2D eigenvalue weighted by Gasteiger charge is 2.10. The largest absolute Gasteiger partial charge is 0.316 e. The lowest BCUT2D eigenvalue weighted by atomic mass is 10.3. The molecule has 0 radical (unpaired) electrons. The van der Waals surface area contributed by atoms with Gasteiger partial charge in [-0.1, -0.05) is 20.8 Å². The maximum absolute atomic E-state index is 8.38. The van der Waals surface area contributed by atoms with Crippen LogP contribution in [-0.4, -0.2) is 16.5 Å². The van der Waals surface area contributed by atoms with Gasteiger partial charge >= 0.3 is 0 Å². The fourth-order valence-electron chi connectivity index (χ4n) is 0.557. The zero-order chi connectivity index (χ0) is 8.91. The molecule has 1 atom stereocenters. The number of rotatable bonds is 3. The summed E-state index contributed by atoms with van der Waals surface area (Å²) < 4.78 is 0.287. The van der Waals surface area contributed by atoms with Gasteiger partial charge in [-0.05, 0) is 12.2 Å². The van der Waals surface area contributed by atoms with Gasteiger partial charge in [0.2, 0.25) is 0 Å². The molecule has 0 aliphatic rings. The molecule has 0 spiro atoms. The van der Waals surface area contributed by atoms with Crippen LogP contribution in [0.3, 0.4) is 0 Å². The molecule has 11 heavy (non-hydrogen) atoms. The van der Waals surface area contributed by atoms with Crippen molar-refractivity contribution in [3.8, 4) is 6.07 Å². The number of nitrogens with two attached hydrogens (primary N) is 1. The Kier molecular flexibility index (Phi) is 4.55. The minimum absolute atomic E-state index is 0.287. The van der Waals surface area contributed by atoms with Gasteiger partial charge in [-0.15, -0.1) is 0 Å². The zero-order valence-electron chi connectivity index (χ0n) is 7.42. The third kappa shape index (κ3) is 7.70. The van der Waals surface area contributed by atoms with Gasteiger partial charge in [0.15, 0.2) is 0 Å². The quantitative estimate of drug-likeness (QED) is 0.705. The van der Waals surface area contributed by atoms with E-state index < -0.39 is 0 Å². The molecular weight excluding hydrogens is 156 g/mol. The van der Waals surface area contributed by atoms with Crippen molar-refractivity contribution < 1.29 is 0 Å². The van der Waals surface area contributed by atoms with E-state index in [1.165, 1.54) is 0 Å². The van der Waals surface area contributed by atoms with E-state index in [1.807, 2.05) is 17.8 Å². The Bertz CT molecular complexity index is 143. The molecule has 0 aromatic rings. The zero-order valence-corrected chi connectivity index (χ0v) is 8.24. The van der Waals surface area contributed by atoms with Crippen LogP contribution in [0.25, 0.3) is 0 Å². The van der Waals surface area contributed by atoms with Crippen LogP contribution in [-0.2, 0) is 0 Å². The SMILES string of the molecule is CC(C)(C)SCCC(N)C#N. The van der Waals surface area contributed by atoms with Gasteiger partial charge in [-0.25, -0.2) is 0 Å². The molecule has 0 saturated carbocycles. The third-order valence-corrected chi connectivity index (χ3v) is 2.44. The molecular formula is C8H16N2S. The van der Waals surface area contributed by atoms with Gasteiger partial charge in [0.25, 0.3) is 0 Å². The standard InChI is InChI=1S/C8H16N2S/c1-8(2,3)11-5-4-7(10)6-9/h7H,4-5,10H2,1-3H3. The van der Waals surface area contributed by atoms with Crippen molar-refractivity contribution in [2.45, 2.75) is 38.0 Å². The summed E-state index contributed by atoms with van der Waals surface area (Å²) in [6.45, 7) is 6.49. The van der Waals surface area contributed by atoms with E-state index >= 15 is 0 Å². The number of hydrogen-bond donors (Lipinski definition) is 1. The number of hydrogen-bond acceptors (Lipinski definition) is 3. The summed E-state index contributed by atoms with van der Waals surface area (Å²) in [4.78, 5) is 0. The first-order valence-corrected chi connectivity index (χ1v) is 4.73. The molecule has 2 nitrogen and oxygen atoms in total. The molecule has 0 aliphatic heterocycles. The lowest BCUT2D eigenvalue weighted by molar-refractivity contribution is 0.775. The van der Waals surface area contributed by atoms with Crippen LogP contribution in [0.2, 0.25) is 0 Å². The van der Waals surface area contributed by atoms with Crippen molar-refractivity contribution in [1.29, 1.82) is 5.26 Å². The average molecular weight is 172 g/mol. The van der Waals surface area contributed by atoms with Crippen LogP contribution in [0.5, 0.6) is 0 Å². The molecule has 0 amide bonds. The smallest absolute Gasteiger partial charge is 0.0935 e. The predicted molar refractivity (Wildman–Crippen MR) is 50.4 cm³/mol. The Morgan fingerprint density at radius 3 is 2.45 bits per heavy atom. The van der Waals surface area contributed by atoms with Crippen LogP contribution in [0, 0.1) is 11.3 Å². The molecule has 1 unspecified atom stereocenters. The second kappa shape index (κ2) is 4.63. The first-order chi connectivity index (χ1) is 4.95. The topological polar surface area (TPSA) is 49.8 Å². The number of thioether (sulfide) groups is 1. The Morgan fingerprint density at radius 2 is 2.09 bits per heavy atom. The van der Waals surface area contributed by atoms with Crippen LogP contribution >= 0.6 is 11.8 Å². The van der Waals surface area contributed by atoms with Crippen LogP contribution in [0.4, 0.5) is 0 Å². The summed E-state index contributed by atoms with van der Waals surface area (Å²) in [5.41, 5.74) is 5.43. The fraction of sp³-hybridized carbons (Fsp3) is 0.875. The predicted octanol–water partition coefficient (Wildman–Crippen LogP) is 1.76. The summed E-state index contributed by atoms with van der Waals surface area (Å²) >= 11 is 1.85. The molecule has 2 N–H and O–H groups in total. The first kappa shape index (κ1) is 10.8. The van der Waals surface area contributed by atoms with Gasteiger partial charge in [-0.3, -0.25) is 0 Å². The summed E-state index contributed by atoms with van der Waals surface area (Å²) in [6.07, 6.45) is 0.790. The molecule has 0 saturated heterocycles. The molecule has 0 rings (SSSR count). The highest BCUT2D eigenvalue weighted by Crippen LogP contribution is 2.23. The molecule has 64 valence electrons. The van der Waals surface area contributed by atoms with Crippen molar-refractivity contribution in [3.63, 3.8) is 0 Å². The molecule has 0 aromatic carbocycles. The lowest BCUT2D eigenvalue weighted by Gasteiger charge is -2.17. The van der Waals surface area contributed by atoms with Gasteiger partial charge in [0, 0.05) is 4.75 Å². The van der Waals surface area contributed by atoms with Crippen LogP contribution in [0.15, 0.2) is 0 Å². The van der Waals surface area contributed by atoms with Crippen molar-refractivity contribution in [2.75, 3.05) is 5.75 Å². The van der Waals surface area contributed by atoms with Gasteiger partial charge in [0.1, 0.15) is 0 Å². The van der Waals surface area contributed by atoms with E-state index in [2.05, 4.69) is 20.8 Å². The van der Waals surface area contributed by atoms with E-state index in [9.17, 15) is 0 Å². The van der Waals surface area contributed by atoms with Crippen molar-refractivity contribution in [2.24, 2.45) is 5.73 Å².